The second kappa shape index (κ2) is 6.75. The third-order valence-electron chi connectivity index (χ3n) is 4.58. The molecule has 1 aliphatic carbocycles. The summed E-state index contributed by atoms with van der Waals surface area (Å²) in [6.07, 6.45) is 9.71. The standard InChI is InChI=1S/C15H30N2/c1-3-4-9-17-10-7-14(8-11-17)16-15-6-5-13(2)12-15/h13-16H,3-12H2,1-2H3. The van der Waals surface area contributed by atoms with Gasteiger partial charge in [0.25, 0.3) is 0 Å². The minimum absolute atomic E-state index is 0.808. The molecular formula is C15H30N2. The fraction of sp³-hybridized carbons (Fsp3) is 1.00. The number of rotatable bonds is 5. The van der Waals surface area contributed by atoms with E-state index in [-0.39, 0.29) is 0 Å². The molecule has 2 aliphatic rings. The first-order valence-electron chi connectivity index (χ1n) is 7.76. The van der Waals surface area contributed by atoms with Crippen molar-refractivity contribution in [1.29, 1.82) is 0 Å². The predicted molar refractivity (Wildman–Crippen MR) is 74.3 cm³/mol. The summed E-state index contributed by atoms with van der Waals surface area (Å²) in [5.41, 5.74) is 0. The maximum absolute atomic E-state index is 3.90. The first-order valence-corrected chi connectivity index (χ1v) is 7.76. The van der Waals surface area contributed by atoms with Crippen molar-refractivity contribution in [2.45, 2.75) is 70.9 Å². The van der Waals surface area contributed by atoms with Crippen molar-refractivity contribution in [3.05, 3.63) is 0 Å². The van der Waals surface area contributed by atoms with Crippen LogP contribution in [-0.4, -0.2) is 36.6 Å². The first-order chi connectivity index (χ1) is 8.28. The summed E-state index contributed by atoms with van der Waals surface area (Å²) in [7, 11) is 0. The van der Waals surface area contributed by atoms with Crippen molar-refractivity contribution in [2.24, 2.45) is 5.92 Å². The highest BCUT2D eigenvalue weighted by molar-refractivity contribution is 4.84. The van der Waals surface area contributed by atoms with Crippen LogP contribution in [0.5, 0.6) is 0 Å². The van der Waals surface area contributed by atoms with Crippen molar-refractivity contribution in [3.8, 4) is 0 Å². The number of piperidine rings is 1. The fourth-order valence-corrected chi connectivity index (χ4v) is 3.40. The Labute approximate surface area is 107 Å². The average Bonchev–Trinajstić information content (AvgIpc) is 2.74. The van der Waals surface area contributed by atoms with Crippen LogP contribution in [0.25, 0.3) is 0 Å². The summed E-state index contributed by atoms with van der Waals surface area (Å²) < 4.78 is 0. The molecule has 2 rings (SSSR count). The molecule has 0 bridgehead atoms. The Morgan fingerprint density at radius 1 is 1.06 bits per heavy atom. The number of hydrogen-bond acceptors (Lipinski definition) is 2. The Bertz CT molecular complexity index is 209. The molecule has 0 aromatic carbocycles. The number of nitrogens with zero attached hydrogens (tertiary/aromatic N) is 1. The number of hydrogen-bond donors (Lipinski definition) is 1. The van der Waals surface area contributed by atoms with E-state index in [0.717, 1.165) is 18.0 Å². The molecule has 2 nitrogen and oxygen atoms in total. The fourth-order valence-electron chi connectivity index (χ4n) is 3.40. The van der Waals surface area contributed by atoms with E-state index in [9.17, 15) is 0 Å². The van der Waals surface area contributed by atoms with Gasteiger partial charge in [0, 0.05) is 12.1 Å². The maximum atomic E-state index is 3.90. The van der Waals surface area contributed by atoms with Gasteiger partial charge < -0.3 is 10.2 Å². The molecule has 0 aromatic rings. The van der Waals surface area contributed by atoms with Gasteiger partial charge in [-0.3, -0.25) is 0 Å². The lowest BCUT2D eigenvalue weighted by Crippen LogP contribution is -2.45. The second-order valence-electron chi connectivity index (χ2n) is 6.25. The summed E-state index contributed by atoms with van der Waals surface area (Å²) in [4.78, 5) is 2.65. The van der Waals surface area contributed by atoms with Crippen LogP contribution in [0.1, 0.15) is 58.8 Å². The Kier molecular flexibility index (Phi) is 5.30. The smallest absolute Gasteiger partial charge is 0.00940 e. The molecule has 1 heterocycles. The van der Waals surface area contributed by atoms with Crippen molar-refractivity contribution < 1.29 is 0 Å². The van der Waals surface area contributed by atoms with Gasteiger partial charge in [-0.15, -0.1) is 0 Å². The van der Waals surface area contributed by atoms with Crippen LogP contribution in [0.3, 0.4) is 0 Å². The van der Waals surface area contributed by atoms with Gasteiger partial charge in [-0.05, 0) is 64.1 Å². The Hall–Kier alpha value is -0.0800. The number of unbranched alkanes of at least 4 members (excludes halogenated alkanes) is 1. The minimum Gasteiger partial charge on any atom is -0.311 e. The molecule has 0 amide bonds. The summed E-state index contributed by atoms with van der Waals surface area (Å²) in [5.74, 6) is 0.956. The highest BCUT2D eigenvalue weighted by Gasteiger charge is 2.25. The zero-order chi connectivity index (χ0) is 12.1. The van der Waals surface area contributed by atoms with Crippen LogP contribution in [0.15, 0.2) is 0 Å². The van der Waals surface area contributed by atoms with Crippen molar-refractivity contribution in [1.82, 2.24) is 10.2 Å². The van der Waals surface area contributed by atoms with Gasteiger partial charge >= 0.3 is 0 Å². The van der Waals surface area contributed by atoms with E-state index >= 15 is 0 Å². The maximum Gasteiger partial charge on any atom is 0.00940 e. The molecule has 1 saturated carbocycles. The van der Waals surface area contributed by atoms with Gasteiger partial charge in [0.2, 0.25) is 0 Å². The monoisotopic (exact) mass is 238 g/mol. The topological polar surface area (TPSA) is 15.3 Å². The van der Waals surface area contributed by atoms with E-state index in [4.69, 9.17) is 0 Å². The molecule has 100 valence electrons. The van der Waals surface area contributed by atoms with E-state index < -0.39 is 0 Å². The lowest BCUT2D eigenvalue weighted by Gasteiger charge is -2.34. The van der Waals surface area contributed by atoms with E-state index in [2.05, 4.69) is 24.1 Å². The van der Waals surface area contributed by atoms with Gasteiger partial charge in [0.15, 0.2) is 0 Å². The summed E-state index contributed by atoms with van der Waals surface area (Å²) in [6.45, 7) is 8.65. The van der Waals surface area contributed by atoms with Crippen LogP contribution in [0.4, 0.5) is 0 Å². The Balaban J connectivity index is 1.62. The predicted octanol–water partition coefficient (Wildman–Crippen LogP) is 3.03. The highest BCUT2D eigenvalue weighted by Crippen LogP contribution is 2.26. The third kappa shape index (κ3) is 4.26. The van der Waals surface area contributed by atoms with E-state index in [0.29, 0.717) is 0 Å². The van der Waals surface area contributed by atoms with Gasteiger partial charge in [-0.2, -0.15) is 0 Å². The lowest BCUT2D eigenvalue weighted by atomic mass is 10.0. The van der Waals surface area contributed by atoms with Crippen molar-refractivity contribution in [3.63, 3.8) is 0 Å². The van der Waals surface area contributed by atoms with Gasteiger partial charge in [-0.1, -0.05) is 20.3 Å². The molecule has 2 atom stereocenters. The molecule has 0 aromatic heterocycles. The zero-order valence-electron chi connectivity index (χ0n) is 11.8. The van der Waals surface area contributed by atoms with Gasteiger partial charge in [0.1, 0.15) is 0 Å². The molecule has 0 spiro atoms. The summed E-state index contributed by atoms with van der Waals surface area (Å²) in [5, 5.41) is 3.90. The molecule has 1 aliphatic heterocycles. The van der Waals surface area contributed by atoms with Crippen LogP contribution >= 0.6 is 0 Å². The van der Waals surface area contributed by atoms with E-state index in [1.54, 1.807) is 0 Å². The van der Waals surface area contributed by atoms with Crippen molar-refractivity contribution in [2.75, 3.05) is 19.6 Å². The highest BCUT2D eigenvalue weighted by atomic mass is 15.1. The first kappa shape index (κ1) is 13.4. The molecule has 2 fully saturated rings. The molecule has 2 heteroatoms. The normalized spacial score (nSPS) is 32.1. The molecule has 1 N–H and O–H groups in total. The lowest BCUT2D eigenvalue weighted by molar-refractivity contribution is 0.188. The average molecular weight is 238 g/mol. The molecule has 17 heavy (non-hydrogen) atoms. The third-order valence-corrected chi connectivity index (χ3v) is 4.58. The van der Waals surface area contributed by atoms with E-state index in [1.165, 1.54) is 64.6 Å². The molecule has 2 unspecified atom stereocenters. The van der Waals surface area contributed by atoms with Gasteiger partial charge in [-0.25, -0.2) is 0 Å². The summed E-state index contributed by atoms with van der Waals surface area (Å²) >= 11 is 0. The van der Waals surface area contributed by atoms with Crippen LogP contribution < -0.4 is 5.32 Å². The zero-order valence-corrected chi connectivity index (χ0v) is 11.8. The van der Waals surface area contributed by atoms with Gasteiger partial charge in [0.05, 0.1) is 0 Å². The summed E-state index contributed by atoms with van der Waals surface area (Å²) in [6, 6.07) is 1.64. The van der Waals surface area contributed by atoms with Crippen molar-refractivity contribution >= 4 is 0 Å². The SMILES string of the molecule is CCCCN1CCC(NC2CCC(C)C2)CC1. The largest absolute Gasteiger partial charge is 0.311 e. The minimum atomic E-state index is 0.808. The quantitative estimate of drug-likeness (QED) is 0.792. The number of likely N-dealkylation sites (tertiary alicyclic amines) is 1. The Morgan fingerprint density at radius 3 is 2.41 bits per heavy atom. The molecule has 1 saturated heterocycles. The Morgan fingerprint density at radius 2 is 1.82 bits per heavy atom. The van der Waals surface area contributed by atoms with Crippen LogP contribution in [0.2, 0.25) is 0 Å². The van der Waals surface area contributed by atoms with E-state index in [1.807, 2.05) is 0 Å². The van der Waals surface area contributed by atoms with Crippen LogP contribution in [0, 0.1) is 5.92 Å². The van der Waals surface area contributed by atoms with Crippen LogP contribution in [-0.2, 0) is 0 Å². The molecular weight excluding hydrogens is 208 g/mol. The second-order valence-corrected chi connectivity index (χ2v) is 6.25. The number of nitrogens with one attached hydrogen (secondary N) is 1. The molecule has 0 radical (unpaired) electrons.